The number of fused-ring (bicyclic) bond motifs is 4. The molecule has 4 unspecified atom stereocenters. The van der Waals surface area contributed by atoms with Crippen LogP contribution >= 0.6 is 0 Å². The number of pyridine rings is 4. The normalized spacial score (nSPS) is 12.9. The minimum Gasteiger partial charge on any atom is -0.206 e. The summed E-state index contributed by atoms with van der Waals surface area (Å²) >= 11 is 0. The number of hydrogen-bond acceptors (Lipinski definition) is 0. The fourth-order valence-electron chi connectivity index (χ4n) is 16.6. The van der Waals surface area contributed by atoms with Crippen molar-refractivity contribution < 1.29 is 32.5 Å². The molecular formula is C110H122F2N4+4. The molecule has 4 atom stereocenters. The summed E-state index contributed by atoms with van der Waals surface area (Å²) < 4.78 is 73.6. The van der Waals surface area contributed by atoms with Crippen LogP contribution in [0, 0.1) is 94.7 Å². The number of rotatable bonds is 15. The van der Waals surface area contributed by atoms with Crippen molar-refractivity contribution in [3.05, 3.63) is 332 Å². The zero-order chi connectivity index (χ0) is 86.9. The second-order valence-corrected chi connectivity index (χ2v) is 33.0. The Kier molecular flexibility index (Phi) is 24.4. The van der Waals surface area contributed by atoms with Crippen molar-refractivity contribution in [1.82, 2.24) is 0 Å². The Morgan fingerprint density at radius 3 is 1.02 bits per heavy atom. The molecule has 0 saturated heterocycles. The zero-order valence-corrected chi connectivity index (χ0v) is 73.3. The summed E-state index contributed by atoms with van der Waals surface area (Å²) in [4.78, 5) is 0. The third-order valence-corrected chi connectivity index (χ3v) is 25.2. The summed E-state index contributed by atoms with van der Waals surface area (Å²) in [6.45, 7) is 42.3. The van der Waals surface area contributed by atoms with Crippen molar-refractivity contribution in [3.8, 4) is 78.4 Å². The fourth-order valence-corrected chi connectivity index (χ4v) is 16.6. The van der Waals surface area contributed by atoms with Gasteiger partial charge in [-0.1, -0.05) is 213 Å². The Hall–Kier alpha value is -11.1. The number of benzene rings is 11. The number of hydrogen-bond donors (Lipinski definition) is 0. The third kappa shape index (κ3) is 17.3. The van der Waals surface area contributed by atoms with E-state index in [0.717, 1.165) is 131 Å². The van der Waals surface area contributed by atoms with E-state index >= 15 is 4.39 Å². The number of nitrogens with zero attached hydrogens (tertiary/aromatic N) is 4. The highest BCUT2D eigenvalue weighted by Crippen LogP contribution is 2.41. The summed E-state index contributed by atoms with van der Waals surface area (Å²) in [5, 5.41) is 8.21. The predicted octanol–water partition coefficient (Wildman–Crippen LogP) is 28.4. The average molecular weight is 1540 g/mol. The predicted molar refractivity (Wildman–Crippen MR) is 490 cm³/mol. The summed E-state index contributed by atoms with van der Waals surface area (Å²) in [6.07, 6.45) is 4.31. The molecule has 592 valence electrons. The van der Waals surface area contributed by atoms with E-state index in [0.29, 0.717) is 64.5 Å². The molecule has 0 N–H and O–H groups in total. The maximum absolute atomic E-state index is 15.3. The summed E-state index contributed by atoms with van der Waals surface area (Å²) in [5.74, 6) is 1.49. The first-order chi connectivity index (χ1) is 57.2. The van der Waals surface area contributed by atoms with Crippen LogP contribution in [-0.2, 0) is 28.2 Å². The van der Waals surface area contributed by atoms with Crippen LogP contribution in [-0.4, -0.2) is 0 Å². The van der Waals surface area contributed by atoms with Gasteiger partial charge in [-0.2, -0.15) is 18.3 Å². The Morgan fingerprint density at radius 1 is 0.284 bits per heavy atom. The number of aromatic nitrogens is 4. The minimum absolute atomic E-state index is 0.168. The molecular weight excluding hydrogens is 1420 g/mol. The standard InChI is InChI=1S/C30H34N.C28H29FN.C28H30N.C24H29FN/c1-8-19(2)24-12-15-28-26(18-24)17-23(6)31(7)30(28)27-14-13-25(16-22(27)5)29-20(3)10-9-11-21(29)4;1-6-18(2)22-12-13-24-23(16-22)15-20(4)30(5)28(24)25-17-26(27(29)14-19(25)3)21-10-8-7-9-11-21;1-6-19(2)23-12-15-27-25(18-23)17-21(4)29(5)28(27)26-14-13-24(16-20(26)3)22-10-8-7-9-11-22;1-8-14(2)19-9-10-21-20(13-19)12-17(5)26(7)24(21)22-18(6)15(3)11-16(4)23(22)25/h9-19H,8H2,1-7H3;7-18H,6H2,1-5H3;7-19H,6H2,1-5H3;9-14H,8H2,1-7H3/q4*+1/i17D;15D;17D;12D. The molecule has 0 aliphatic carbocycles. The largest absolute Gasteiger partial charge is 0.223 e. The van der Waals surface area contributed by atoms with E-state index in [2.05, 4.69) is 282 Å². The van der Waals surface area contributed by atoms with Crippen LogP contribution in [0.15, 0.2) is 230 Å². The lowest BCUT2D eigenvalue weighted by Crippen LogP contribution is -2.35. The van der Waals surface area contributed by atoms with E-state index in [-0.39, 0.29) is 11.6 Å². The maximum atomic E-state index is 15.3. The lowest BCUT2D eigenvalue weighted by Gasteiger charge is -2.15. The van der Waals surface area contributed by atoms with Gasteiger partial charge in [0, 0.05) is 68.6 Å². The minimum atomic E-state index is -0.215. The van der Waals surface area contributed by atoms with Gasteiger partial charge in [0.15, 0.2) is 22.8 Å². The molecule has 15 aromatic rings. The average Bonchev–Trinajstić information content (AvgIpc) is 0.751. The molecule has 116 heavy (non-hydrogen) atoms. The van der Waals surface area contributed by atoms with Crippen molar-refractivity contribution >= 4 is 43.1 Å². The second-order valence-electron chi connectivity index (χ2n) is 33.0. The molecule has 4 heterocycles. The van der Waals surface area contributed by atoms with Gasteiger partial charge >= 0.3 is 0 Å². The van der Waals surface area contributed by atoms with Crippen molar-refractivity contribution in [2.24, 2.45) is 28.2 Å². The maximum Gasteiger partial charge on any atom is 0.223 e. The first-order valence-corrected chi connectivity index (χ1v) is 41.9. The van der Waals surface area contributed by atoms with Gasteiger partial charge in [0.25, 0.3) is 0 Å². The molecule has 0 amide bonds. The zero-order valence-electron chi connectivity index (χ0n) is 77.3. The Morgan fingerprint density at radius 2 is 0.629 bits per heavy atom. The van der Waals surface area contributed by atoms with Gasteiger partial charge in [-0.15, -0.1) is 0 Å². The molecule has 4 nitrogen and oxygen atoms in total. The molecule has 4 aromatic heterocycles. The van der Waals surface area contributed by atoms with Crippen LogP contribution < -0.4 is 18.3 Å². The summed E-state index contributed by atoms with van der Waals surface area (Å²) in [5.41, 5.74) is 32.4. The Balaban J connectivity index is 0.000000147. The van der Waals surface area contributed by atoms with Gasteiger partial charge < -0.3 is 0 Å². The SMILES string of the molecule is [2H]c1c(C)[n+](C)c(-c2c(C)c(C)cc(C)c2F)c2ccc(C(C)CC)cc12.[2H]c1c(C)[n+](C)c(-c2cc(-c3ccccc3)c(F)cc2C)c2ccc(C(C)CC)cc12.[2H]c1c(C)[n+](C)c(-c2ccc(-c3c(C)cccc3C)cc2C)c2ccc(C(C)CC)cc12.[2H]c1c(C)[n+](C)c(-c2ccc(-c3ccccc3)cc2C)c2ccc(C(C)CC)cc12. The summed E-state index contributed by atoms with van der Waals surface area (Å²) in [7, 11) is 8.09. The van der Waals surface area contributed by atoms with Crippen LogP contribution in [0.1, 0.15) is 200 Å². The van der Waals surface area contributed by atoms with E-state index < -0.39 is 0 Å². The van der Waals surface area contributed by atoms with E-state index in [9.17, 15) is 4.39 Å². The van der Waals surface area contributed by atoms with Crippen molar-refractivity contribution in [2.75, 3.05) is 0 Å². The molecule has 15 rings (SSSR count). The first-order valence-electron chi connectivity index (χ1n) is 43.9. The van der Waals surface area contributed by atoms with E-state index in [1.54, 1.807) is 6.07 Å². The van der Waals surface area contributed by atoms with Crippen molar-refractivity contribution in [1.29, 1.82) is 0 Å². The topological polar surface area (TPSA) is 15.5 Å². The van der Waals surface area contributed by atoms with E-state index in [1.165, 1.54) is 89.3 Å². The van der Waals surface area contributed by atoms with Crippen LogP contribution in [0.2, 0.25) is 0 Å². The Labute approximate surface area is 697 Å². The monoisotopic (exact) mass is 1540 g/mol. The van der Waals surface area contributed by atoms with Gasteiger partial charge in [0.1, 0.15) is 39.8 Å². The molecule has 0 saturated carbocycles. The quantitative estimate of drug-likeness (QED) is 0.0909. The first kappa shape index (κ1) is 78.8. The lowest BCUT2D eigenvalue weighted by atomic mass is 9.90. The van der Waals surface area contributed by atoms with Crippen molar-refractivity contribution in [2.45, 2.75) is 188 Å². The Bertz CT molecular complexity index is 6400. The third-order valence-electron chi connectivity index (χ3n) is 25.2. The van der Waals surface area contributed by atoms with Gasteiger partial charge in [-0.25, -0.2) is 8.78 Å². The highest BCUT2D eigenvalue weighted by Gasteiger charge is 2.29. The second kappa shape index (κ2) is 36.0. The highest BCUT2D eigenvalue weighted by atomic mass is 19.1. The molecule has 0 fully saturated rings. The lowest BCUT2D eigenvalue weighted by molar-refractivity contribution is -0.665. The summed E-state index contributed by atoms with van der Waals surface area (Å²) in [6, 6.07) is 74.2. The molecule has 0 aliphatic heterocycles. The molecule has 11 aromatic carbocycles. The van der Waals surface area contributed by atoms with E-state index in [1.807, 2.05) is 103 Å². The van der Waals surface area contributed by atoms with Gasteiger partial charge in [-0.3, -0.25) is 0 Å². The molecule has 0 aliphatic rings. The molecule has 0 radical (unpaired) electrons. The van der Waals surface area contributed by atoms with Crippen LogP contribution in [0.25, 0.3) is 122 Å². The van der Waals surface area contributed by atoms with Gasteiger partial charge in [0.05, 0.1) is 38.2 Å². The van der Waals surface area contributed by atoms with Crippen molar-refractivity contribution in [3.63, 3.8) is 0 Å². The fraction of sp³-hybridized carbons (Fsp3) is 0.291. The van der Waals surface area contributed by atoms with E-state index in [4.69, 9.17) is 5.48 Å². The van der Waals surface area contributed by atoms with Crippen LogP contribution in [0.5, 0.6) is 0 Å². The molecule has 0 bridgehead atoms. The molecule has 0 spiro atoms. The smallest absolute Gasteiger partial charge is 0.206 e. The van der Waals surface area contributed by atoms with Gasteiger partial charge in [0.2, 0.25) is 22.8 Å². The molecule has 6 heteroatoms. The number of halogens is 2. The van der Waals surface area contributed by atoms with Crippen LogP contribution in [0.4, 0.5) is 8.78 Å². The van der Waals surface area contributed by atoms with Crippen LogP contribution in [0.3, 0.4) is 0 Å². The highest BCUT2D eigenvalue weighted by molar-refractivity contribution is 5.99. The van der Waals surface area contributed by atoms with Gasteiger partial charge in [-0.05, 0) is 269 Å². The number of aryl methyl sites for hydroxylation is 7.